The molecule has 338 valence electrons. The lowest BCUT2D eigenvalue weighted by Crippen LogP contribution is -2.35. The highest BCUT2D eigenvalue weighted by molar-refractivity contribution is 5.86. The minimum absolute atomic E-state index is 0.197. The number of benzene rings is 9. The number of hydrogen-bond acceptors (Lipinski definition) is 3. The molecule has 2 atom stereocenters. The molecular formula is C66H59N3. The molecule has 0 saturated carbocycles. The van der Waals surface area contributed by atoms with Crippen LogP contribution in [0.2, 0.25) is 0 Å². The Balaban J connectivity index is 1.07. The summed E-state index contributed by atoms with van der Waals surface area (Å²) in [5.41, 5.74) is 22.5. The van der Waals surface area contributed by atoms with Crippen molar-refractivity contribution in [3.63, 3.8) is 0 Å². The molecule has 3 heteroatoms. The van der Waals surface area contributed by atoms with Crippen molar-refractivity contribution >= 4 is 45.5 Å². The molecule has 9 aromatic carbocycles. The molecule has 0 radical (unpaired) electrons. The quantitative estimate of drug-likeness (QED) is 0.121. The highest BCUT2D eigenvalue weighted by Crippen LogP contribution is 2.43. The summed E-state index contributed by atoms with van der Waals surface area (Å²) in [7, 11) is 0. The van der Waals surface area contributed by atoms with Crippen molar-refractivity contribution in [1.82, 2.24) is 0 Å². The van der Waals surface area contributed by atoms with E-state index in [1.807, 2.05) is 0 Å². The normalized spacial score (nSPS) is 14.1. The first-order valence-corrected chi connectivity index (χ1v) is 24.2. The van der Waals surface area contributed by atoms with Crippen molar-refractivity contribution in [3.05, 3.63) is 264 Å². The maximum absolute atomic E-state index is 2.50. The summed E-state index contributed by atoms with van der Waals surface area (Å²) in [6, 6.07) is 78.0. The lowest BCUT2D eigenvalue weighted by Gasteiger charge is -2.37. The lowest BCUT2D eigenvalue weighted by molar-refractivity contribution is 0.609. The molecule has 10 rings (SSSR count). The first-order valence-electron chi connectivity index (χ1n) is 24.2. The third-order valence-corrected chi connectivity index (χ3v) is 13.8. The van der Waals surface area contributed by atoms with E-state index >= 15 is 0 Å². The van der Waals surface area contributed by atoms with Gasteiger partial charge in [-0.05, 0) is 187 Å². The van der Waals surface area contributed by atoms with Crippen LogP contribution >= 0.6 is 0 Å². The third-order valence-electron chi connectivity index (χ3n) is 13.8. The average Bonchev–Trinajstić information content (AvgIpc) is 3.38. The topological polar surface area (TPSA) is 9.72 Å². The van der Waals surface area contributed by atoms with Gasteiger partial charge in [-0.15, -0.1) is 0 Å². The van der Waals surface area contributed by atoms with Crippen LogP contribution in [0.25, 0.3) is 33.4 Å². The Morgan fingerprint density at radius 1 is 0.290 bits per heavy atom. The predicted octanol–water partition coefficient (Wildman–Crippen LogP) is 18.4. The largest absolute Gasteiger partial charge is 0.334 e. The van der Waals surface area contributed by atoms with Gasteiger partial charge in [0.05, 0.1) is 6.04 Å². The van der Waals surface area contributed by atoms with Gasteiger partial charge in [0, 0.05) is 45.5 Å². The molecule has 0 amide bonds. The number of rotatable bonds is 12. The zero-order valence-electron chi connectivity index (χ0n) is 40.5. The molecule has 0 aliphatic heterocycles. The monoisotopic (exact) mass is 893 g/mol. The third kappa shape index (κ3) is 9.17. The first kappa shape index (κ1) is 44.7. The van der Waals surface area contributed by atoms with Crippen LogP contribution in [0.4, 0.5) is 45.5 Å². The van der Waals surface area contributed by atoms with Gasteiger partial charge in [0.2, 0.25) is 0 Å². The van der Waals surface area contributed by atoms with Gasteiger partial charge in [0.25, 0.3) is 0 Å². The summed E-state index contributed by atoms with van der Waals surface area (Å²) >= 11 is 0. The van der Waals surface area contributed by atoms with E-state index in [2.05, 4.69) is 293 Å². The van der Waals surface area contributed by atoms with E-state index < -0.39 is 0 Å². The van der Waals surface area contributed by atoms with Crippen LogP contribution in [0.5, 0.6) is 0 Å². The highest BCUT2D eigenvalue weighted by Gasteiger charge is 2.26. The van der Waals surface area contributed by atoms with Gasteiger partial charge in [0.1, 0.15) is 0 Å². The molecule has 9 aromatic rings. The molecule has 0 saturated heterocycles. The summed E-state index contributed by atoms with van der Waals surface area (Å²) in [6.07, 6.45) is 8.99. The Morgan fingerprint density at radius 3 is 0.899 bits per heavy atom. The zero-order valence-corrected chi connectivity index (χ0v) is 40.5. The summed E-state index contributed by atoms with van der Waals surface area (Å²) in [5.74, 6) is 0.354. The van der Waals surface area contributed by atoms with Gasteiger partial charge < -0.3 is 14.7 Å². The second kappa shape index (κ2) is 19.6. The molecule has 1 aliphatic carbocycles. The highest BCUT2D eigenvalue weighted by atomic mass is 15.2. The molecule has 0 bridgehead atoms. The van der Waals surface area contributed by atoms with E-state index in [0.717, 1.165) is 33.6 Å². The Kier molecular flexibility index (Phi) is 12.7. The molecule has 3 nitrogen and oxygen atoms in total. The molecule has 0 fully saturated rings. The predicted molar refractivity (Wildman–Crippen MR) is 296 cm³/mol. The first-order chi connectivity index (χ1) is 33.7. The maximum atomic E-state index is 2.50. The van der Waals surface area contributed by atoms with Crippen molar-refractivity contribution in [3.8, 4) is 33.4 Å². The zero-order chi connectivity index (χ0) is 47.4. The minimum atomic E-state index is 0.197. The number of allylic oxidation sites excluding steroid dienone is 2. The van der Waals surface area contributed by atoms with Gasteiger partial charge >= 0.3 is 0 Å². The van der Waals surface area contributed by atoms with E-state index in [1.165, 1.54) is 73.1 Å². The van der Waals surface area contributed by atoms with E-state index in [0.29, 0.717) is 5.92 Å². The summed E-state index contributed by atoms with van der Waals surface area (Å²) < 4.78 is 0. The number of para-hydroxylation sites is 5. The standard InChI is InChI=1S/C66H59N3/c1-46-19-7-13-25-61(46)67(62-26-14-8-20-47(62)2)58-37-31-52(32-38-58)55-43-56(53-33-39-59(40-34-53)68(63-27-15-9-21-48(63)3)64-28-16-10-22-49(64)4)45-57(44-55)54-35-41-60(42-36-54)69(65-29-17-11-23-50(65)5)66-30-18-12-24-51(66)6/h7-46,61H,1-6H3. The number of aryl methyl sites for hydroxylation is 5. The smallest absolute Gasteiger partial charge is 0.0585 e. The number of nitrogens with zero attached hydrogens (tertiary/aromatic N) is 3. The molecule has 0 N–H and O–H groups in total. The Hall–Kier alpha value is -8.14. The molecule has 0 aromatic heterocycles. The van der Waals surface area contributed by atoms with Gasteiger partial charge in [0.15, 0.2) is 0 Å². The molecular weight excluding hydrogens is 835 g/mol. The van der Waals surface area contributed by atoms with Gasteiger partial charge in [-0.3, -0.25) is 0 Å². The van der Waals surface area contributed by atoms with Crippen LogP contribution in [-0.4, -0.2) is 6.04 Å². The molecule has 69 heavy (non-hydrogen) atoms. The van der Waals surface area contributed by atoms with Crippen molar-refractivity contribution < 1.29 is 0 Å². The fourth-order valence-corrected chi connectivity index (χ4v) is 9.95. The average molecular weight is 894 g/mol. The fourth-order valence-electron chi connectivity index (χ4n) is 9.95. The van der Waals surface area contributed by atoms with Crippen LogP contribution in [0.1, 0.15) is 34.7 Å². The Morgan fingerprint density at radius 2 is 0.580 bits per heavy atom. The summed E-state index contributed by atoms with van der Waals surface area (Å²) in [5, 5.41) is 0. The minimum Gasteiger partial charge on any atom is -0.334 e. The molecule has 1 aliphatic rings. The van der Waals surface area contributed by atoms with Gasteiger partial charge in [-0.2, -0.15) is 0 Å². The van der Waals surface area contributed by atoms with Crippen LogP contribution < -0.4 is 14.7 Å². The molecule has 0 heterocycles. The second-order valence-electron chi connectivity index (χ2n) is 18.5. The second-order valence-corrected chi connectivity index (χ2v) is 18.5. The lowest BCUT2D eigenvalue weighted by atomic mass is 9.92. The van der Waals surface area contributed by atoms with Crippen LogP contribution in [0.3, 0.4) is 0 Å². The van der Waals surface area contributed by atoms with Crippen molar-refractivity contribution in [2.75, 3.05) is 14.7 Å². The van der Waals surface area contributed by atoms with E-state index in [4.69, 9.17) is 0 Å². The van der Waals surface area contributed by atoms with Crippen LogP contribution in [-0.2, 0) is 0 Å². The number of hydrogen-bond donors (Lipinski definition) is 0. The molecule has 0 spiro atoms. The van der Waals surface area contributed by atoms with Crippen LogP contribution in [0.15, 0.2) is 237 Å². The number of anilines is 8. The van der Waals surface area contributed by atoms with E-state index in [9.17, 15) is 0 Å². The van der Waals surface area contributed by atoms with Crippen molar-refractivity contribution in [2.45, 2.75) is 47.6 Å². The summed E-state index contributed by atoms with van der Waals surface area (Å²) in [4.78, 5) is 7.27. The Labute approximate surface area is 409 Å². The molecule has 2 unspecified atom stereocenters. The Bertz CT molecular complexity index is 3060. The van der Waals surface area contributed by atoms with Crippen molar-refractivity contribution in [1.29, 1.82) is 0 Å². The van der Waals surface area contributed by atoms with Gasteiger partial charge in [-0.25, -0.2) is 0 Å². The SMILES string of the molecule is Cc1ccccc1N(c1ccc(-c2cc(-c3ccc(N(c4ccccc4C)c4ccccc4C)cc3)cc(-c3ccc(N(c4ccccc4C)C4C=CC=CC4C)cc3)c2)cc1)c1ccccc1C. The van der Waals surface area contributed by atoms with E-state index in [-0.39, 0.29) is 6.04 Å². The summed E-state index contributed by atoms with van der Waals surface area (Å²) in [6.45, 7) is 13.3. The van der Waals surface area contributed by atoms with Crippen molar-refractivity contribution in [2.24, 2.45) is 5.92 Å². The van der Waals surface area contributed by atoms with E-state index in [1.54, 1.807) is 0 Å². The van der Waals surface area contributed by atoms with Crippen LogP contribution in [0, 0.1) is 40.5 Å². The van der Waals surface area contributed by atoms with Gasteiger partial charge in [-0.1, -0.05) is 159 Å². The maximum Gasteiger partial charge on any atom is 0.0585 e. The fraction of sp³-hybridized carbons (Fsp3) is 0.121.